The third-order valence-corrected chi connectivity index (χ3v) is 4.68. The fraction of sp³-hybridized carbons (Fsp3) is 0.500. The molecule has 1 aromatic heterocycles. The molecule has 1 aliphatic heterocycles. The maximum absolute atomic E-state index is 12.9. The van der Waals surface area contributed by atoms with E-state index in [4.69, 9.17) is 0 Å². The van der Waals surface area contributed by atoms with Gasteiger partial charge in [-0.3, -0.25) is 4.79 Å². The van der Waals surface area contributed by atoms with Gasteiger partial charge in [-0.1, -0.05) is 11.3 Å². The predicted octanol–water partition coefficient (Wildman–Crippen LogP) is 2.40. The van der Waals surface area contributed by atoms with Gasteiger partial charge in [0.2, 0.25) is 0 Å². The van der Waals surface area contributed by atoms with Crippen LogP contribution < -0.4 is 10.2 Å². The molecule has 0 unspecified atom stereocenters. The lowest BCUT2D eigenvalue weighted by atomic mass is 10.1. The van der Waals surface area contributed by atoms with Gasteiger partial charge in [0.05, 0.1) is 11.7 Å². The number of aryl methyl sites for hydroxylation is 2. The van der Waals surface area contributed by atoms with E-state index in [9.17, 15) is 4.79 Å². The fourth-order valence-corrected chi connectivity index (χ4v) is 3.36. The van der Waals surface area contributed by atoms with Crippen molar-refractivity contribution in [1.82, 2.24) is 20.3 Å². The van der Waals surface area contributed by atoms with Gasteiger partial charge in [-0.25, -0.2) is 4.68 Å². The van der Waals surface area contributed by atoms with E-state index in [-0.39, 0.29) is 5.91 Å². The molecule has 1 N–H and O–H groups in total. The molecule has 1 aromatic carbocycles. The molecule has 0 saturated carbocycles. The standard InChI is InChI=1S/C18H25N5O/c1-12-9-13(2)11-16(10-12)22(4)18(24)17-14(3)23(21-20-17)15-5-7-19-8-6-15/h9-11,15,19H,5-8H2,1-4H3. The van der Waals surface area contributed by atoms with Crippen molar-refractivity contribution in [2.24, 2.45) is 0 Å². The lowest BCUT2D eigenvalue weighted by molar-refractivity contribution is 0.0987. The van der Waals surface area contributed by atoms with Crippen molar-refractivity contribution < 1.29 is 4.79 Å². The van der Waals surface area contributed by atoms with Crippen LogP contribution in [-0.2, 0) is 0 Å². The highest BCUT2D eigenvalue weighted by molar-refractivity contribution is 6.05. The van der Waals surface area contributed by atoms with E-state index in [1.54, 1.807) is 11.9 Å². The molecule has 2 heterocycles. The number of rotatable bonds is 3. The molecule has 6 heteroatoms. The zero-order valence-corrected chi connectivity index (χ0v) is 14.8. The Balaban J connectivity index is 1.85. The summed E-state index contributed by atoms with van der Waals surface area (Å²) in [5.74, 6) is -0.113. The number of hydrogen-bond donors (Lipinski definition) is 1. The third kappa shape index (κ3) is 3.19. The molecular formula is C18H25N5O. The second-order valence-corrected chi connectivity index (χ2v) is 6.66. The summed E-state index contributed by atoms with van der Waals surface area (Å²) < 4.78 is 1.92. The van der Waals surface area contributed by atoms with Gasteiger partial charge in [-0.2, -0.15) is 0 Å². The molecule has 1 fully saturated rings. The van der Waals surface area contributed by atoms with Gasteiger partial charge in [-0.15, -0.1) is 5.10 Å². The number of hydrogen-bond acceptors (Lipinski definition) is 4. The topological polar surface area (TPSA) is 63.1 Å². The first-order valence-corrected chi connectivity index (χ1v) is 8.46. The Labute approximate surface area is 142 Å². The zero-order chi connectivity index (χ0) is 17.3. The summed E-state index contributed by atoms with van der Waals surface area (Å²) in [7, 11) is 1.79. The molecule has 3 rings (SSSR count). The number of amides is 1. The molecule has 0 radical (unpaired) electrons. The van der Waals surface area contributed by atoms with Crippen molar-refractivity contribution in [1.29, 1.82) is 0 Å². The Morgan fingerprint density at radius 3 is 2.42 bits per heavy atom. The highest BCUT2D eigenvalue weighted by Gasteiger charge is 2.25. The second-order valence-electron chi connectivity index (χ2n) is 6.66. The van der Waals surface area contributed by atoms with Crippen LogP contribution in [0.4, 0.5) is 5.69 Å². The lowest BCUT2D eigenvalue weighted by Gasteiger charge is -2.23. The van der Waals surface area contributed by atoms with Crippen molar-refractivity contribution >= 4 is 11.6 Å². The first-order valence-electron chi connectivity index (χ1n) is 8.46. The predicted molar refractivity (Wildman–Crippen MR) is 94.5 cm³/mol. The molecular weight excluding hydrogens is 302 g/mol. The zero-order valence-electron chi connectivity index (χ0n) is 14.8. The SMILES string of the molecule is Cc1cc(C)cc(N(C)C(=O)c2nnn(C3CCNCC3)c2C)c1. The van der Waals surface area contributed by atoms with Crippen LogP contribution in [-0.4, -0.2) is 41.0 Å². The van der Waals surface area contributed by atoms with Crippen LogP contribution in [0.3, 0.4) is 0 Å². The minimum absolute atomic E-state index is 0.113. The highest BCUT2D eigenvalue weighted by Crippen LogP contribution is 2.23. The van der Waals surface area contributed by atoms with Crippen LogP contribution in [0.2, 0.25) is 0 Å². The summed E-state index contributed by atoms with van der Waals surface area (Å²) >= 11 is 0. The van der Waals surface area contributed by atoms with Crippen LogP contribution in [0.1, 0.15) is 46.2 Å². The largest absolute Gasteiger partial charge is 0.317 e. The summed E-state index contributed by atoms with van der Waals surface area (Å²) in [6.45, 7) is 7.97. The Kier molecular flexibility index (Phi) is 4.66. The van der Waals surface area contributed by atoms with Crippen molar-refractivity contribution in [3.63, 3.8) is 0 Å². The fourth-order valence-electron chi connectivity index (χ4n) is 3.36. The Morgan fingerprint density at radius 2 is 1.79 bits per heavy atom. The minimum Gasteiger partial charge on any atom is -0.317 e. The number of piperidine rings is 1. The number of carbonyl (C=O) groups excluding carboxylic acids is 1. The summed E-state index contributed by atoms with van der Waals surface area (Å²) in [4.78, 5) is 14.5. The highest BCUT2D eigenvalue weighted by atomic mass is 16.2. The Hall–Kier alpha value is -2.21. The van der Waals surface area contributed by atoms with Crippen molar-refractivity contribution in [3.8, 4) is 0 Å². The summed E-state index contributed by atoms with van der Waals surface area (Å²) in [5, 5.41) is 11.8. The van der Waals surface area contributed by atoms with Crippen LogP contribution in [0.25, 0.3) is 0 Å². The number of nitrogens with zero attached hydrogens (tertiary/aromatic N) is 4. The van der Waals surface area contributed by atoms with Gasteiger partial charge in [-0.05, 0) is 70.0 Å². The van der Waals surface area contributed by atoms with Gasteiger partial charge in [0.1, 0.15) is 0 Å². The number of nitrogens with one attached hydrogen (secondary N) is 1. The van der Waals surface area contributed by atoms with Crippen molar-refractivity contribution in [2.45, 2.75) is 39.7 Å². The van der Waals surface area contributed by atoms with Crippen molar-refractivity contribution in [2.75, 3.05) is 25.0 Å². The normalized spacial score (nSPS) is 15.5. The molecule has 2 aromatic rings. The molecule has 0 bridgehead atoms. The van der Waals surface area contributed by atoms with E-state index in [0.29, 0.717) is 11.7 Å². The quantitative estimate of drug-likeness (QED) is 0.940. The lowest BCUT2D eigenvalue weighted by Crippen LogP contribution is -2.31. The molecule has 0 spiro atoms. The number of carbonyl (C=O) groups is 1. The summed E-state index contributed by atoms with van der Waals surface area (Å²) in [5.41, 5.74) is 4.45. The van der Waals surface area contributed by atoms with E-state index < -0.39 is 0 Å². The smallest absolute Gasteiger partial charge is 0.280 e. The van der Waals surface area contributed by atoms with Crippen LogP contribution >= 0.6 is 0 Å². The molecule has 1 saturated heterocycles. The van der Waals surface area contributed by atoms with E-state index in [2.05, 4.69) is 21.7 Å². The molecule has 1 aliphatic rings. The first-order chi connectivity index (χ1) is 11.5. The van der Waals surface area contributed by atoms with Gasteiger partial charge >= 0.3 is 0 Å². The molecule has 24 heavy (non-hydrogen) atoms. The average molecular weight is 327 g/mol. The van der Waals surface area contributed by atoms with Crippen LogP contribution in [0.5, 0.6) is 0 Å². The van der Waals surface area contributed by atoms with Gasteiger partial charge in [0.15, 0.2) is 5.69 Å². The molecule has 0 aliphatic carbocycles. The minimum atomic E-state index is -0.113. The number of benzene rings is 1. The van der Waals surface area contributed by atoms with Crippen LogP contribution in [0.15, 0.2) is 18.2 Å². The summed E-state index contributed by atoms with van der Waals surface area (Å²) in [6, 6.07) is 6.45. The van der Waals surface area contributed by atoms with Crippen molar-refractivity contribution in [3.05, 3.63) is 40.7 Å². The van der Waals surface area contributed by atoms with E-state index >= 15 is 0 Å². The Morgan fingerprint density at radius 1 is 1.17 bits per heavy atom. The molecule has 128 valence electrons. The van der Waals surface area contributed by atoms with Gasteiger partial charge in [0.25, 0.3) is 5.91 Å². The molecule has 1 amide bonds. The third-order valence-electron chi connectivity index (χ3n) is 4.68. The second kappa shape index (κ2) is 6.73. The molecule has 6 nitrogen and oxygen atoms in total. The first kappa shape index (κ1) is 16.6. The van der Waals surface area contributed by atoms with Gasteiger partial charge in [0, 0.05) is 12.7 Å². The number of aromatic nitrogens is 3. The monoisotopic (exact) mass is 327 g/mol. The van der Waals surface area contributed by atoms with Crippen LogP contribution in [0, 0.1) is 20.8 Å². The average Bonchev–Trinajstić information content (AvgIpc) is 2.95. The Bertz CT molecular complexity index is 726. The summed E-state index contributed by atoms with van der Waals surface area (Å²) in [6.07, 6.45) is 2.04. The maximum Gasteiger partial charge on any atom is 0.280 e. The number of anilines is 1. The maximum atomic E-state index is 12.9. The van der Waals surface area contributed by atoms with E-state index in [1.807, 2.05) is 37.6 Å². The van der Waals surface area contributed by atoms with E-state index in [1.165, 1.54) is 0 Å². The van der Waals surface area contributed by atoms with Gasteiger partial charge < -0.3 is 10.2 Å². The van der Waals surface area contributed by atoms with E-state index in [0.717, 1.165) is 48.4 Å². The molecule has 0 atom stereocenters.